The molecule has 0 bridgehead atoms. The molecule has 0 aromatic heterocycles. The Labute approximate surface area is 121 Å². The molecule has 20 heavy (non-hydrogen) atoms. The van der Waals surface area contributed by atoms with E-state index in [0.717, 1.165) is 29.9 Å². The Kier molecular flexibility index (Phi) is 5.68. The van der Waals surface area contributed by atoms with E-state index in [1.165, 1.54) is 12.8 Å². The predicted molar refractivity (Wildman–Crippen MR) is 78.9 cm³/mol. The number of hydroxylamine groups is 1. The minimum atomic E-state index is 0.138. The van der Waals surface area contributed by atoms with Crippen LogP contribution in [0.2, 0.25) is 0 Å². The summed E-state index contributed by atoms with van der Waals surface area (Å²) < 4.78 is 11.1. The summed E-state index contributed by atoms with van der Waals surface area (Å²) in [4.78, 5) is 5.65. The molecule has 1 aliphatic rings. The number of methoxy groups -OCH3 is 1. The molecular weight excluding hydrogens is 254 g/mol. The van der Waals surface area contributed by atoms with E-state index < -0.39 is 0 Å². The fraction of sp³-hybridized carbons (Fsp3) is 0.625. The van der Waals surface area contributed by atoms with Crippen LogP contribution in [-0.2, 0) is 11.4 Å². The van der Waals surface area contributed by atoms with Gasteiger partial charge in [0.2, 0.25) is 0 Å². The van der Waals surface area contributed by atoms with Gasteiger partial charge in [0.1, 0.15) is 0 Å². The van der Waals surface area contributed by atoms with Gasteiger partial charge in [-0.05, 0) is 44.4 Å². The Balaban J connectivity index is 1.87. The number of benzene rings is 1. The summed E-state index contributed by atoms with van der Waals surface area (Å²) in [5.74, 6) is 1.54. The standard InChI is InChI=1S/C16H25NO3/c1-12(2)19-15-9-8-13(10-16(15)18-3)11-17-20-14-6-4-5-7-14/h8-10,12,14,17H,4-7,11H2,1-3H3. The molecule has 1 aliphatic carbocycles. The second kappa shape index (κ2) is 7.50. The van der Waals surface area contributed by atoms with Crippen LogP contribution in [0.25, 0.3) is 0 Å². The Morgan fingerprint density at radius 1 is 1.20 bits per heavy atom. The largest absolute Gasteiger partial charge is 0.493 e. The molecule has 2 rings (SSSR count). The molecule has 0 unspecified atom stereocenters. The Bertz CT molecular complexity index is 414. The maximum atomic E-state index is 5.70. The van der Waals surface area contributed by atoms with Crippen molar-refractivity contribution in [3.63, 3.8) is 0 Å². The molecule has 0 heterocycles. The highest BCUT2D eigenvalue weighted by atomic mass is 16.7. The van der Waals surface area contributed by atoms with Crippen molar-refractivity contribution >= 4 is 0 Å². The fourth-order valence-electron chi connectivity index (χ4n) is 2.42. The van der Waals surface area contributed by atoms with Gasteiger partial charge in [0.05, 0.1) is 19.3 Å². The van der Waals surface area contributed by atoms with Crippen molar-refractivity contribution in [1.82, 2.24) is 5.48 Å². The molecule has 4 heteroatoms. The molecule has 0 spiro atoms. The van der Waals surface area contributed by atoms with Crippen LogP contribution >= 0.6 is 0 Å². The number of ether oxygens (including phenoxy) is 2. The molecule has 112 valence electrons. The zero-order chi connectivity index (χ0) is 14.4. The van der Waals surface area contributed by atoms with Gasteiger partial charge in [-0.15, -0.1) is 0 Å². The predicted octanol–water partition coefficient (Wildman–Crippen LogP) is 3.45. The number of rotatable bonds is 7. The van der Waals surface area contributed by atoms with E-state index in [1.54, 1.807) is 7.11 Å². The van der Waals surface area contributed by atoms with Gasteiger partial charge >= 0.3 is 0 Å². The monoisotopic (exact) mass is 279 g/mol. The highest BCUT2D eigenvalue weighted by Crippen LogP contribution is 2.29. The van der Waals surface area contributed by atoms with Crippen molar-refractivity contribution < 1.29 is 14.3 Å². The lowest BCUT2D eigenvalue weighted by Crippen LogP contribution is -2.21. The summed E-state index contributed by atoms with van der Waals surface area (Å²) in [6, 6.07) is 5.97. The summed E-state index contributed by atoms with van der Waals surface area (Å²) in [7, 11) is 1.66. The van der Waals surface area contributed by atoms with Crippen LogP contribution in [0.4, 0.5) is 0 Å². The molecule has 1 aromatic rings. The summed E-state index contributed by atoms with van der Waals surface area (Å²) in [5, 5.41) is 0. The Morgan fingerprint density at radius 2 is 1.95 bits per heavy atom. The second-order valence-electron chi connectivity index (χ2n) is 5.50. The van der Waals surface area contributed by atoms with Crippen LogP contribution in [-0.4, -0.2) is 19.3 Å². The topological polar surface area (TPSA) is 39.7 Å². The summed E-state index contributed by atoms with van der Waals surface area (Å²) in [5.41, 5.74) is 4.18. The molecule has 1 saturated carbocycles. The zero-order valence-electron chi connectivity index (χ0n) is 12.6. The normalized spacial score (nSPS) is 15.8. The minimum absolute atomic E-state index is 0.138. The second-order valence-corrected chi connectivity index (χ2v) is 5.50. The van der Waals surface area contributed by atoms with Crippen molar-refractivity contribution in [2.24, 2.45) is 0 Å². The molecule has 4 nitrogen and oxygen atoms in total. The van der Waals surface area contributed by atoms with Crippen LogP contribution in [0.3, 0.4) is 0 Å². The van der Waals surface area contributed by atoms with E-state index >= 15 is 0 Å². The quantitative estimate of drug-likeness (QED) is 0.776. The third kappa shape index (κ3) is 4.39. The number of hydrogen-bond acceptors (Lipinski definition) is 4. The molecule has 0 amide bonds. The average molecular weight is 279 g/mol. The van der Waals surface area contributed by atoms with E-state index in [2.05, 4.69) is 5.48 Å². The van der Waals surface area contributed by atoms with E-state index in [-0.39, 0.29) is 6.10 Å². The van der Waals surface area contributed by atoms with Crippen LogP contribution in [0.1, 0.15) is 45.1 Å². The molecule has 1 N–H and O–H groups in total. The number of hydrogen-bond donors (Lipinski definition) is 1. The lowest BCUT2D eigenvalue weighted by atomic mass is 10.2. The third-order valence-corrected chi connectivity index (χ3v) is 3.42. The van der Waals surface area contributed by atoms with Crippen LogP contribution in [0.5, 0.6) is 11.5 Å². The Morgan fingerprint density at radius 3 is 2.60 bits per heavy atom. The number of nitrogens with one attached hydrogen (secondary N) is 1. The summed E-state index contributed by atoms with van der Waals surface area (Å²) >= 11 is 0. The lowest BCUT2D eigenvalue weighted by molar-refractivity contribution is -0.0244. The third-order valence-electron chi connectivity index (χ3n) is 3.42. The van der Waals surface area contributed by atoms with Gasteiger partial charge in [0, 0.05) is 6.54 Å². The molecule has 0 saturated heterocycles. The first-order valence-electron chi connectivity index (χ1n) is 7.41. The van der Waals surface area contributed by atoms with E-state index in [0.29, 0.717) is 12.6 Å². The van der Waals surface area contributed by atoms with Gasteiger partial charge in [-0.3, -0.25) is 4.84 Å². The molecule has 0 atom stereocenters. The molecule has 1 aromatic carbocycles. The van der Waals surface area contributed by atoms with Gasteiger partial charge in [0.15, 0.2) is 11.5 Å². The van der Waals surface area contributed by atoms with Gasteiger partial charge < -0.3 is 9.47 Å². The van der Waals surface area contributed by atoms with E-state index in [1.807, 2.05) is 32.0 Å². The Hall–Kier alpha value is -1.26. The zero-order valence-corrected chi connectivity index (χ0v) is 12.6. The van der Waals surface area contributed by atoms with Crippen molar-refractivity contribution in [1.29, 1.82) is 0 Å². The SMILES string of the molecule is COc1cc(CNOC2CCCC2)ccc1OC(C)C. The summed E-state index contributed by atoms with van der Waals surface area (Å²) in [6.45, 7) is 4.68. The van der Waals surface area contributed by atoms with E-state index in [9.17, 15) is 0 Å². The molecule has 1 fully saturated rings. The first kappa shape index (κ1) is 15.1. The highest BCUT2D eigenvalue weighted by molar-refractivity contribution is 5.43. The van der Waals surface area contributed by atoms with Crippen molar-refractivity contribution in [2.45, 2.75) is 58.3 Å². The fourth-order valence-corrected chi connectivity index (χ4v) is 2.42. The first-order valence-corrected chi connectivity index (χ1v) is 7.41. The molecular formula is C16H25NO3. The first-order chi connectivity index (χ1) is 9.69. The van der Waals surface area contributed by atoms with Crippen LogP contribution in [0.15, 0.2) is 18.2 Å². The smallest absolute Gasteiger partial charge is 0.161 e. The minimum Gasteiger partial charge on any atom is -0.493 e. The average Bonchev–Trinajstić information content (AvgIpc) is 2.93. The molecule has 0 aliphatic heterocycles. The van der Waals surface area contributed by atoms with Gasteiger partial charge in [-0.25, -0.2) is 0 Å². The van der Waals surface area contributed by atoms with Crippen molar-refractivity contribution in [3.8, 4) is 11.5 Å². The van der Waals surface area contributed by atoms with Gasteiger partial charge in [-0.1, -0.05) is 18.9 Å². The maximum Gasteiger partial charge on any atom is 0.161 e. The van der Waals surface area contributed by atoms with Gasteiger partial charge in [-0.2, -0.15) is 5.48 Å². The molecule has 0 radical (unpaired) electrons. The van der Waals surface area contributed by atoms with Crippen molar-refractivity contribution in [2.75, 3.05) is 7.11 Å². The lowest BCUT2D eigenvalue weighted by Gasteiger charge is -2.15. The highest BCUT2D eigenvalue weighted by Gasteiger charge is 2.15. The van der Waals surface area contributed by atoms with E-state index in [4.69, 9.17) is 14.3 Å². The maximum absolute atomic E-state index is 5.70. The van der Waals surface area contributed by atoms with Crippen molar-refractivity contribution in [3.05, 3.63) is 23.8 Å². The summed E-state index contributed by atoms with van der Waals surface area (Å²) in [6.07, 6.45) is 5.40. The van der Waals surface area contributed by atoms with Crippen LogP contribution in [0, 0.1) is 0 Å². The van der Waals surface area contributed by atoms with Crippen LogP contribution < -0.4 is 15.0 Å². The van der Waals surface area contributed by atoms with Gasteiger partial charge in [0.25, 0.3) is 0 Å².